The first-order valence-corrected chi connectivity index (χ1v) is 7.93. The molecule has 0 spiro atoms. The third kappa shape index (κ3) is 3.24. The van der Waals surface area contributed by atoms with Gasteiger partial charge in [-0.3, -0.25) is 10.1 Å². The minimum Gasteiger partial charge on any atom is -0.543 e. The van der Waals surface area contributed by atoms with E-state index in [2.05, 4.69) is 0 Å². The molecule has 0 amide bonds. The van der Waals surface area contributed by atoms with E-state index in [1.165, 1.54) is 18.2 Å². The van der Waals surface area contributed by atoms with Crippen molar-refractivity contribution in [3.8, 4) is 5.75 Å². The Hall–Kier alpha value is -1.56. The molecular formula is C9H14N2O3Si. The van der Waals surface area contributed by atoms with Gasteiger partial charge < -0.3 is 10.2 Å². The maximum Gasteiger partial charge on any atom is 0.273 e. The molecule has 0 aliphatic rings. The smallest absolute Gasteiger partial charge is 0.273 e. The number of hydrogen-bond donors (Lipinski definition) is 1. The van der Waals surface area contributed by atoms with Gasteiger partial charge in [-0.05, 0) is 25.7 Å². The molecule has 0 atom stereocenters. The van der Waals surface area contributed by atoms with Crippen molar-refractivity contribution >= 4 is 19.7 Å². The number of anilines is 1. The third-order valence-corrected chi connectivity index (χ3v) is 2.46. The van der Waals surface area contributed by atoms with Gasteiger partial charge in [0.1, 0.15) is 5.75 Å². The lowest BCUT2D eigenvalue weighted by Crippen LogP contribution is -2.29. The number of benzene rings is 1. The molecule has 82 valence electrons. The topological polar surface area (TPSA) is 78.4 Å². The summed E-state index contributed by atoms with van der Waals surface area (Å²) in [7, 11) is -1.79. The first-order valence-electron chi connectivity index (χ1n) is 4.52. The van der Waals surface area contributed by atoms with Crippen LogP contribution in [0.3, 0.4) is 0 Å². The Balaban J connectivity index is 3.06. The van der Waals surface area contributed by atoms with E-state index >= 15 is 0 Å². The van der Waals surface area contributed by atoms with Crippen LogP contribution in [0, 0.1) is 10.1 Å². The summed E-state index contributed by atoms with van der Waals surface area (Å²) in [6.07, 6.45) is 0. The Bertz CT molecular complexity index is 387. The minimum atomic E-state index is -1.79. The zero-order chi connectivity index (χ0) is 11.6. The van der Waals surface area contributed by atoms with Crippen molar-refractivity contribution in [1.29, 1.82) is 0 Å². The summed E-state index contributed by atoms with van der Waals surface area (Å²) in [4.78, 5) is 10.1. The number of hydrogen-bond acceptors (Lipinski definition) is 4. The van der Waals surface area contributed by atoms with Crippen molar-refractivity contribution in [2.75, 3.05) is 5.73 Å². The zero-order valence-corrected chi connectivity index (χ0v) is 9.98. The molecule has 0 heterocycles. The number of nitro benzene ring substituents is 1. The predicted octanol–water partition coefficient (Wildman–Crippen LogP) is 2.39. The predicted molar refractivity (Wildman–Crippen MR) is 61.5 cm³/mol. The van der Waals surface area contributed by atoms with Crippen LogP contribution in [0.15, 0.2) is 18.2 Å². The van der Waals surface area contributed by atoms with Crippen LogP contribution in [-0.4, -0.2) is 13.2 Å². The van der Waals surface area contributed by atoms with Crippen molar-refractivity contribution in [2.45, 2.75) is 19.6 Å². The highest BCUT2D eigenvalue weighted by atomic mass is 28.4. The van der Waals surface area contributed by atoms with E-state index in [0.29, 0.717) is 11.4 Å². The van der Waals surface area contributed by atoms with Gasteiger partial charge in [-0.15, -0.1) is 0 Å². The molecule has 0 radical (unpaired) electrons. The van der Waals surface area contributed by atoms with Crippen LogP contribution in [0.25, 0.3) is 0 Å². The van der Waals surface area contributed by atoms with Gasteiger partial charge in [0, 0.05) is 6.07 Å². The summed E-state index contributed by atoms with van der Waals surface area (Å²) in [6, 6.07) is 4.23. The average molecular weight is 226 g/mol. The normalized spacial score (nSPS) is 11.1. The lowest BCUT2D eigenvalue weighted by atomic mass is 10.3. The molecule has 0 aromatic heterocycles. The van der Waals surface area contributed by atoms with E-state index in [4.69, 9.17) is 10.2 Å². The molecule has 1 rings (SSSR count). The molecular weight excluding hydrogens is 212 g/mol. The minimum absolute atomic E-state index is 0.00236. The second-order valence-electron chi connectivity index (χ2n) is 4.19. The second-order valence-corrected chi connectivity index (χ2v) is 8.62. The van der Waals surface area contributed by atoms with E-state index in [1.807, 2.05) is 19.6 Å². The van der Waals surface area contributed by atoms with E-state index < -0.39 is 13.2 Å². The van der Waals surface area contributed by atoms with Gasteiger partial charge in [0.25, 0.3) is 5.69 Å². The van der Waals surface area contributed by atoms with E-state index in [9.17, 15) is 10.1 Å². The molecule has 1 aromatic rings. The molecule has 0 fully saturated rings. The fourth-order valence-corrected chi connectivity index (χ4v) is 1.89. The molecule has 6 heteroatoms. The van der Waals surface area contributed by atoms with Gasteiger partial charge in [-0.25, -0.2) is 0 Å². The van der Waals surface area contributed by atoms with E-state index in [0.717, 1.165) is 0 Å². The monoisotopic (exact) mass is 226 g/mol. The summed E-state index contributed by atoms with van der Waals surface area (Å²) in [5.74, 6) is 0.406. The Morgan fingerprint density at radius 2 is 2.00 bits per heavy atom. The summed E-state index contributed by atoms with van der Waals surface area (Å²) >= 11 is 0. The average Bonchev–Trinajstić information content (AvgIpc) is 2.06. The van der Waals surface area contributed by atoms with Crippen molar-refractivity contribution in [3.63, 3.8) is 0 Å². The molecule has 0 aliphatic heterocycles. The molecule has 5 nitrogen and oxygen atoms in total. The summed E-state index contributed by atoms with van der Waals surface area (Å²) in [5.41, 5.74) is 6.10. The molecule has 0 saturated heterocycles. The highest BCUT2D eigenvalue weighted by Gasteiger charge is 2.19. The molecule has 0 saturated carbocycles. The Morgan fingerprint density at radius 1 is 1.40 bits per heavy atom. The molecule has 1 aromatic carbocycles. The van der Waals surface area contributed by atoms with Crippen LogP contribution in [0.2, 0.25) is 19.6 Å². The standard InChI is InChI=1S/C9H14N2O3Si/c1-15(2,3)14-9-6-7(11(12)13)4-5-8(9)10/h4-6H,10H2,1-3H3. The molecule has 15 heavy (non-hydrogen) atoms. The molecule has 0 unspecified atom stereocenters. The van der Waals surface area contributed by atoms with Crippen molar-refractivity contribution in [3.05, 3.63) is 28.3 Å². The Labute approximate surface area is 89.1 Å². The largest absolute Gasteiger partial charge is 0.543 e. The van der Waals surface area contributed by atoms with Gasteiger partial charge in [0.15, 0.2) is 0 Å². The third-order valence-electron chi connectivity index (χ3n) is 1.62. The fraction of sp³-hybridized carbons (Fsp3) is 0.333. The van der Waals surface area contributed by atoms with Crippen LogP contribution in [0.1, 0.15) is 0 Å². The van der Waals surface area contributed by atoms with Crippen LogP contribution < -0.4 is 10.2 Å². The van der Waals surface area contributed by atoms with Crippen LogP contribution in [-0.2, 0) is 0 Å². The van der Waals surface area contributed by atoms with E-state index in [-0.39, 0.29) is 5.69 Å². The summed E-state index contributed by atoms with van der Waals surface area (Å²) in [5, 5.41) is 10.6. The van der Waals surface area contributed by atoms with Crippen molar-refractivity contribution in [2.24, 2.45) is 0 Å². The van der Waals surface area contributed by atoms with Gasteiger partial charge >= 0.3 is 0 Å². The van der Waals surface area contributed by atoms with Gasteiger partial charge in [0.05, 0.1) is 16.7 Å². The van der Waals surface area contributed by atoms with Crippen LogP contribution in [0.4, 0.5) is 11.4 Å². The van der Waals surface area contributed by atoms with Gasteiger partial charge in [0.2, 0.25) is 8.32 Å². The lowest BCUT2D eigenvalue weighted by molar-refractivity contribution is -0.384. The second kappa shape index (κ2) is 3.89. The maximum absolute atomic E-state index is 10.6. The highest BCUT2D eigenvalue weighted by molar-refractivity contribution is 6.70. The van der Waals surface area contributed by atoms with Crippen LogP contribution >= 0.6 is 0 Å². The molecule has 0 aliphatic carbocycles. The first-order chi connectivity index (χ1) is 6.79. The quantitative estimate of drug-likeness (QED) is 0.371. The Kier molecular flexibility index (Phi) is 2.99. The fourth-order valence-electron chi connectivity index (χ4n) is 1.05. The van der Waals surface area contributed by atoms with Crippen molar-refractivity contribution < 1.29 is 9.35 Å². The van der Waals surface area contributed by atoms with E-state index in [1.54, 1.807) is 0 Å². The number of non-ortho nitro benzene ring substituents is 1. The highest BCUT2D eigenvalue weighted by Crippen LogP contribution is 2.28. The molecule has 2 N–H and O–H groups in total. The summed E-state index contributed by atoms with van der Waals surface area (Å²) in [6.45, 7) is 5.97. The summed E-state index contributed by atoms with van der Waals surface area (Å²) < 4.78 is 5.63. The number of nitrogen functional groups attached to an aromatic ring is 1. The number of nitro groups is 1. The van der Waals surface area contributed by atoms with Crippen molar-refractivity contribution in [1.82, 2.24) is 0 Å². The maximum atomic E-state index is 10.6. The zero-order valence-electron chi connectivity index (χ0n) is 8.98. The van der Waals surface area contributed by atoms with Crippen LogP contribution in [0.5, 0.6) is 5.75 Å². The number of nitrogens with zero attached hydrogens (tertiary/aromatic N) is 1. The van der Waals surface area contributed by atoms with Gasteiger partial charge in [-0.1, -0.05) is 0 Å². The lowest BCUT2D eigenvalue weighted by Gasteiger charge is -2.20. The Morgan fingerprint density at radius 3 is 2.47 bits per heavy atom. The van der Waals surface area contributed by atoms with Gasteiger partial charge in [-0.2, -0.15) is 0 Å². The molecule has 0 bridgehead atoms. The first kappa shape index (κ1) is 11.5. The number of nitrogens with two attached hydrogens (primary N) is 1. The SMILES string of the molecule is C[Si](C)(C)Oc1cc([N+](=O)[O-])ccc1N. The number of rotatable bonds is 3.